The molecule has 2 N–H and O–H groups in total. The summed E-state index contributed by atoms with van der Waals surface area (Å²) in [4.78, 5) is 12.4. The van der Waals surface area contributed by atoms with E-state index in [4.69, 9.17) is 0 Å². The van der Waals surface area contributed by atoms with Crippen LogP contribution in [0.5, 0.6) is 0 Å². The normalized spacial score (nSPS) is 18.2. The van der Waals surface area contributed by atoms with E-state index in [2.05, 4.69) is 5.32 Å². The number of nitro benzene ring substituents is 1. The van der Waals surface area contributed by atoms with E-state index in [1.807, 2.05) is 4.90 Å². The molecule has 0 amide bonds. The number of halogens is 1. The highest BCUT2D eigenvalue weighted by Crippen LogP contribution is 2.30. The molecule has 0 bridgehead atoms. The molecule has 1 heterocycles. The largest absolute Gasteiger partial charge is 0.394 e. The molecule has 0 aliphatic carbocycles. The summed E-state index contributed by atoms with van der Waals surface area (Å²) in [7, 11) is 0. The Morgan fingerprint density at radius 3 is 2.74 bits per heavy atom. The van der Waals surface area contributed by atoms with Gasteiger partial charge in [0.25, 0.3) is 5.69 Å². The summed E-state index contributed by atoms with van der Waals surface area (Å²) in [5.74, 6) is -0.533. The van der Waals surface area contributed by atoms with Crippen molar-refractivity contribution < 1.29 is 14.4 Å². The molecule has 1 saturated heterocycles. The quantitative estimate of drug-likeness (QED) is 0.620. The van der Waals surface area contributed by atoms with Crippen LogP contribution < -0.4 is 5.32 Å². The molecule has 1 aromatic carbocycles. The molecule has 0 spiro atoms. The number of aliphatic hydroxyl groups excluding tert-OH is 1. The van der Waals surface area contributed by atoms with Gasteiger partial charge < -0.3 is 10.4 Å². The zero-order chi connectivity index (χ0) is 13.8. The highest BCUT2D eigenvalue weighted by molar-refractivity contribution is 5.42. The molecule has 19 heavy (non-hydrogen) atoms. The number of benzene rings is 1. The second kappa shape index (κ2) is 6.05. The molecule has 104 valence electrons. The van der Waals surface area contributed by atoms with E-state index in [1.54, 1.807) is 0 Å². The van der Waals surface area contributed by atoms with Gasteiger partial charge in [0.2, 0.25) is 0 Å². The first-order valence-electron chi connectivity index (χ1n) is 6.13. The van der Waals surface area contributed by atoms with Gasteiger partial charge in [0.1, 0.15) is 5.82 Å². The van der Waals surface area contributed by atoms with Crippen LogP contribution in [0, 0.1) is 15.9 Å². The van der Waals surface area contributed by atoms with Crippen molar-refractivity contribution in [1.82, 2.24) is 10.2 Å². The zero-order valence-corrected chi connectivity index (χ0v) is 10.4. The average Bonchev–Trinajstić information content (AvgIpc) is 2.40. The Balaban J connectivity index is 2.35. The van der Waals surface area contributed by atoms with Crippen molar-refractivity contribution in [3.8, 4) is 0 Å². The molecule has 7 heteroatoms. The smallest absolute Gasteiger partial charge is 0.274 e. The Labute approximate surface area is 110 Å². The van der Waals surface area contributed by atoms with Crippen LogP contribution in [0.25, 0.3) is 0 Å². The predicted molar refractivity (Wildman–Crippen MR) is 67.3 cm³/mol. The van der Waals surface area contributed by atoms with Gasteiger partial charge in [-0.1, -0.05) is 0 Å². The lowest BCUT2D eigenvalue weighted by Crippen LogP contribution is -2.46. The van der Waals surface area contributed by atoms with Crippen LogP contribution in [-0.4, -0.2) is 47.7 Å². The topological polar surface area (TPSA) is 78.6 Å². The SMILES string of the molecule is O=[N+]([O-])c1ccc(F)cc1[C@@H](CO)N1CCNCC1. The van der Waals surface area contributed by atoms with E-state index in [-0.39, 0.29) is 17.9 Å². The zero-order valence-electron chi connectivity index (χ0n) is 10.4. The number of nitrogens with zero attached hydrogens (tertiary/aromatic N) is 2. The van der Waals surface area contributed by atoms with E-state index < -0.39 is 16.8 Å². The van der Waals surface area contributed by atoms with Gasteiger partial charge in [-0.25, -0.2) is 4.39 Å². The number of hydrogen-bond donors (Lipinski definition) is 2. The maximum absolute atomic E-state index is 13.3. The Bertz CT molecular complexity index is 464. The lowest BCUT2D eigenvalue weighted by Gasteiger charge is -2.33. The number of hydrogen-bond acceptors (Lipinski definition) is 5. The molecule has 0 radical (unpaired) electrons. The molecule has 0 unspecified atom stereocenters. The van der Waals surface area contributed by atoms with Crippen LogP contribution >= 0.6 is 0 Å². The molecular formula is C12H16FN3O3. The second-order valence-corrected chi connectivity index (χ2v) is 4.44. The molecule has 1 aliphatic heterocycles. The molecule has 1 aliphatic rings. The highest BCUT2D eigenvalue weighted by Gasteiger charge is 2.28. The van der Waals surface area contributed by atoms with Crippen molar-refractivity contribution >= 4 is 5.69 Å². The van der Waals surface area contributed by atoms with Crippen LogP contribution in [0.1, 0.15) is 11.6 Å². The number of rotatable bonds is 4. The second-order valence-electron chi connectivity index (χ2n) is 4.44. The fourth-order valence-electron chi connectivity index (χ4n) is 2.36. The maximum Gasteiger partial charge on any atom is 0.274 e. The predicted octanol–water partition coefficient (Wildman–Crippen LogP) is 0.672. The van der Waals surface area contributed by atoms with E-state index in [0.717, 1.165) is 31.3 Å². The fraction of sp³-hybridized carbons (Fsp3) is 0.500. The first-order valence-corrected chi connectivity index (χ1v) is 6.13. The maximum atomic E-state index is 13.3. The van der Waals surface area contributed by atoms with Crippen molar-refractivity contribution in [3.05, 3.63) is 39.7 Å². The Hall–Kier alpha value is -1.57. The summed E-state index contributed by atoms with van der Waals surface area (Å²) in [6, 6.07) is 2.81. The molecule has 2 rings (SSSR count). The third-order valence-electron chi connectivity index (χ3n) is 3.31. The number of aliphatic hydroxyl groups is 1. The third-order valence-corrected chi connectivity index (χ3v) is 3.31. The van der Waals surface area contributed by atoms with E-state index in [0.29, 0.717) is 13.1 Å². The van der Waals surface area contributed by atoms with Crippen molar-refractivity contribution in [3.63, 3.8) is 0 Å². The van der Waals surface area contributed by atoms with Crippen LogP contribution in [0.2, 0.25) is 0 Å². The molecule has 0 aromatic heterocycles. The molecule has 1 aromatic rings. The standard InChI is InChI=1S/C12H16FN3O3/c13-9-1-2-11(16(18)19)10(7-9)12(8-17)15-5-3-14-4-6-15/h1-2,7,12,14,17H,3-6,8H2/t12-/m1/s1. The van der Waals surface area contributed by atoms with Crippen LogP contribution in [0.3, 0.4) is 0 Å². The summed E-state index contributed by atoms with van der Waals surface area (Å²) in [6.45, 7) is 2.56. The van der Waals surface area contributed by atoms with Gasteiger partial charge in [-0.15, -0.1) is 0 Å². The van der Waals surface area contributed by atoms with Crippen molar-refractivity contribution in [1.29, 1.82) is 0 Å². The van der Waals surface area contributed by atoms with Gasteiger partial charge in [-0.2, -0.15) is 0 Å². The molecular weight excluding hydrogens is 253 g/mol. The minimum atomic E-state index is -0.543. The Kier molecular flexibility index (Phi) is 4.41. The van der Waals surface area contributed by atoms with Gasteiger partial charge in [-0.3, -0.25) is 15.0 Å². The van der Waals surface area contributed by atoms with E-state index in [9.17, 15) is 19.6 Å². The van der Waals surface area contributed by atoms with Crippen molar-refractivity contribution in [2.75, 3.05) is 32.8 Å². The minimum absolute atomic E-state index is 0.154. The summed E-state index contributed by atoms with van der Waals surface area (Å²) in [5, 5.41) is 23.7. The number of nitrogens with one attached hydrogen (secondary N) is 1. The molecule has 1 fully saturated rings. The summed E-state index contributed by atoms with van der Waals surface area (Å²) in [5.41, 5.74) is 0.0772. The van der Waals surface area contributed by atoms with Crippen molar-refractivity contribution in [2.24, 2.45) is 0 Å². The summed E-state index contributed by atoms with van der Waals surface area (Å²) in [6.07, 6.45) is 0. The van der Waals surface area contributed by atoms with Gasteiger partial charge in [0.15, 0.2) is 0 Å². The summed E-state index contributed by atoms with van der Waals surface area (Å²) < 4.78 is 13.3. The Morgan fingerprint density at radius 2 is 2.16 bits per heavy atom. The van der Waals surface area contributed by atoms with Gasteiger partial charge in [0.05, 0.1) is 23.1 Å². The lowest BCUT2D eigenvalue weighted by atomic mass is 10.0. The van der Waals surface area contributed by atoms with Gasteiger partial charge in [0, 0.05) is 32.2 Å². The van der Waals surface area contributed by atoms with Crippen molar-refractivity contribution in [2.45, 2.75) is 6.04 Å². The molecule has 6 nitrogen and oxygen atoms in total. The molecule has 0 saturated carbocycles. The number of piperazine rings is 1. The lowest BCUT2D eigenvalue weighted by molar-refractivity contribution is -0.386. The van der Waals surface area contributed by atoms with Crippen LogP contribution in [0.15, 0.2) is 18.2 Å². The Morgan fingerprint density at radius 1 is 1.47 bits per heavy atom. The third kappa shape index (κ3) is 3.06. The van der Waals surface area contributed by atoms with Crippen LogP contribution in [0.4, 0.5) is 10.1 Å². The first-order chi connectivity index (χ1) is 9.13. The number of nitro groups is 1. The first kappa shape index (κ1) is 13.9. The van der Waals surface area contributed by atoms with Gasteiger partial charge >= 0.3 is 0 Å². The van der Waals surface area contributed by atoms with Gasteiger partial charge in [-0.05, 0) is 12.1 Å². The van der Waals surface area contributed by atoms with E-state index in [1.165, 1.54) is 0 Å². The van der Waals surface area contributed by atoms with Crippen LogP contribution in [-0.2, 0) is 0 Å². The molecule has 1 atom stereocenters. The highest BCUT2D eigenvalue weighted by atomic mass is 19.1. The average molecular weight is 269 g/mol. The van der Waals surface area contributed by atoms with E-state index >= 15 is 0 Å². The minimum Gasteiger partial charge on any atom is -0.394 e. The summed E-state index contributed by atoms with van der Waals surface area (Å²) >= 11 is 0. The fourth-order valence-corrected chi connectivity index (χ4v) is 2.36. The monoisotopic (exact) mass is 269 g/mol.